The minimum atomic E-state index is -0.788. The predicted molar refractivity (Wildman–Crippen MR) is 51.2 cm³/mol. The van der Waals surface area contributed by atoms with Gasteiger partial charge in [-0.1, -0.05) is 0 Å². The Hall–Kier alpha value is -0.200. The Kier molecular flexibility index (Phi) is 10.7. The minimum absolute atomic E-state index is 0.151. The molecule has 5 nitrogen and oxygen atoms in total. The summed E-state index contributed by atoms with van der Waals surface area (Å²) in [7, 11) is 1.65. The summed E-state index contributed by atoms with van der Waals surface area (Å²) >= 11 is 0. The molecular weight excluding hydrogens is 188 g/mol. The molecule has 0 amide bonds. The van der Waals surface area contributed by atoms with Crippen molar-refractivity contribution in [3.8, 4) is 0 Å². The van der Waals surface area contributed by atoms with Gasteiger partial charge in [0.15, 0.2) is 0 Å². The Labute approximate surface area is 84.6 Å². The standard InChI is InChI=1S/C9H20O5/c1-12-3-2-4-13-5-6-14-8-9(11)7-10/h9-11H,2-8H2,1H3. The van der Waals surface area contributed by atoms with Gasteiger partial charge in [0, 0.05) is 20.3 Å². The topological polar surface area (TPSA) is 68.2 Å². The zero-order valence-corrected chi connectivity index (χ0v) is 8.65. The third kappa shape index (κ3) is 9.88. The van der Waals surface area contributed by atoms with Gasteiger partial charge in [0.1, 0.15) is 6.10 Å². The molecule has 0 radical (unpaired) electrons. The van der Waals surface area contributed by atoms with E-state index >= 15 is 0 Å². The van der Waals surface area contributed by atoms with Crippen LogP contribution in [0.1, 0.15) is 6.42 Å². The van der Waals surface area contributed by atoms with Gasteiger partial charge >= 0.3 is 0 Å². The highest BCUT2D eigenvalue weighted by molar-refractivity contribution is 4.48. The van der Waals surface area contributed by atoms with E-state index in [4.69, 9.17) is 24.4 Å². The lowest BCUT2D eigenvalue weighted by Gasteiger charge is -2.08. The molecule has 86 valence electrons. The normalized spacial score (nSPS) is 13.1. The van der Waals surface area contributed by atoms with Crippen molar-refractivity contribution in [2.24, 2.45) is 0 Å². The van der Waals surface area contributed by atoms with Crippen LogP contribution in [0.5, 0.6) is 0 Å². The Balaban J connectivity index is 2.92. The first-order valence-corrected chi connectivity index (χ1v) is 4.74. The molecule has 0 saturated heterocycles. The van der Waals surface area contributed by atoms with Crippen LogP contribution in [0.2, 0.25) is 0 Å². The van der Waals surface area contributed by atoms with Crippen molar-refractivity contribution in [1.82, 2.24) is 0 Å². The lowest BCUT2D eigenvalue weighted by molar-refractivity contribution is -0.0162. The number of hydrogen-bond acceptors (Lipinski definition) is 5. The highest BCUT2D eigenvalue weighted by Crippen LogP contribution is 1.86. The Morgan fingerprint density at radius 1 is 1.07 bits per heavy atom. The molecule has 0 aliphatic heterocycles. The van der Waals surface area contributed by atoms with Gasteiger partial charge in [-0.2, -0.15) is 0 Å². The maximum Gasteiger partial charge on any atom is 0.100 e. The minimum Gasteiger partial charge on any atom is -0.394 e. The van der Waals surface area contributed by atoms with Crippen LogP contribution in [-0.4, -0.2) is 63.1 Å². The fourth-order valence-corrected chi connectivity index (χ4v) is 0.797. The third-order valence-corrected chi connectivity index (χ3v) is 1.53. The molecule has 1 unspecified atom stereocenters. The SMILES string of the molecule is COCCCOCCOCC(O)CO. The summed E-state index contributed by atoms with van der Waals surface area (Å²) in [5.74, 6) is 0. The van der Waals surface area contributed by atoms with Gasteiger partial charge in [-0.3, -0.25) is 0 Å². The van der Waals surface area contributed by atoms with Crippen LogP contribution in [0, 0.1) is 0 Å². The first-order chi connectivity index (χ1) is 6.81. The van der Waals surface area contributed by atoms with Crippen LogP contribution in [0.15, 0.2) is 0 Å². The maximum atomic E-state index is 8.90. The molecule has 0 fully saturated rings. The number of methoxy groups -OCH3 is 1. The Bertz CT molecular complexity index is 109. The number of ether oxygens (including phenoxy) is 3. The molecule has 0 aliphatic rings. The summed E-state index contributed by atoms with van der Waals surface area (Å²) in [6.07, 6.45) is 0.0824. The van der Waals surface area contributed by atoms with Crippen molar-refractivity contribution in [3.05, 3.63) is 0 Å². The quantitative estimate of drug-likeness (QED) is 0.470. The lowest BCUT2D eigenvalue weighted by atomic mass is 10.4. The van der Waals surface area contributed by atoms with Gasteiger partial charge in [-0.15, -0.1) is 0 Å². The molecule has 0 rings (SSSR count). The van der Waals surface area contributed by atoms with E-state index in [0.717, 1.165) is 6.42 Å². The van der Waals surface area contributed by atoms with Crippen molar-refractivity contribution in [2.45, 2.75) is 12.5 Å². The van der Waals surface area contributed by atoms with Crippen molar-refractivity contribution in [2.75, 3.05) is 46.8 Å². The highest BCUT2D eigenvalue weighted by atomic mass is 16.5. The van der Waals surface area contributed by atoms with Crippen LogP contribution in [0.4, 0.5) is 0 Å². The molecule has 5 heteroatoms. The summed E-state index contributed by atoms with van der Waals surface area (Å²) in [5.41, 5.74) is 0. The van der Waals surface area contributed by atoms with Crippen molar-refractivity contribution in [3.63, 3.8) is 0 Å². The van der Waals surface area contributed by atoms with E-state index < -0.39 is 6.10 Å². The molecule has 0 heterocycles. The zero-order valence-electron chi connectivity index (χ0n) is 8.65. The number of aliphatic hydroxyl groups excluding tert-OH is 2. The van der Waals surface area contributed by atoms with E-state index in [2.05, 4.69) is 0 Å². The molecule has 2 N–H and O–H groups in total. The summed E-state index contributed by atoms with van der Waals surface area (Å²) in [6.45, 7) is 2.17. The highest BCUT2D eigenvalue weighted by Gasteiger charge is 2.00. The van der Waals surface area contributed by atoms with Crippen molar-refractivity contribution in [1.29, 1.82) is 0 Å². The van der Waals surface area contributed by atoms with Gasteiger partial charge in [0.25, 0.3) is 0 Å². The summed E-state index contributed by atoms with van der Waals surface area (Å²) in [6, 6.07) is 0. The molecule has 0 aromatic carbocycles. The lowest BCUT2D eigenvalue weighted by Crippen LogP contribution is -2.20. The number of rotatable bonds is 10. The Morgan fingerprint density at radius 2 is 1.79 bits per heavy atom. The summed E-state index contributed by atoms with van der Waals surface area (Å²) in [5, 5.41) is 17.4. The first kappa shape index (κ1) is 13.8. The fourth-order valence-electron chi connectivity index (χ4n) is 0.797. The van der Waals surface area contributed by atoms with Crippen molar-refractivity contribution < 1.29 is 24.4 Å². The molecule has 0 saturated carbocycles. The van der Waals surface area contributed by atoms with Gasteiger partial charge in [-0.05, 0) is 6.42 Å². The second-order valence-electron chi connectivity index (χ2n) is 2.87. The van der Waals surface area contributed by atoms with Crippen LogP contribution in [0.25, 0.3) is 0 Å². The number of hydrogen-bond donors (Lipinski definition) is 2. The first-order valence-electron chi connectivity index (χ1n) is 4.74. The fraction of sp³-hybridized carbons (Fsp3) is 1.00. The van der Waals surface area contributed by atoms with Gasteiger partial charge < -0.3 is 24.4 Å². The van der Waals surface area contributed by atoms with E-state index in [1.807, 2.05) is 0 Å². The third-order valence-electron chi connectivity index (χ3n) is 1.53. The molecule has 0 bridgehead atoms. The average molecular weight is 208 g/mol. The van der Waals surface area contributed by atoms with Crippen LogP contribution < -0.4 is 0 Å². The summed E-state index contributed by atoms with van der Waals surface area (Å²) < 4.78 is 15.1. The second-order valence-corrected chi connectivity index (χ2v) is 2.87. The summed E-state index contributed by atoms with van der Waals surface area (Å²) in [4.78, 5) is 0. The largest absolute Gasteiger partial charge is 0.394 e. The van der Waals surface area contributed by atoms with E-state index in [0.29, 0.717) is 26.4 Å². The molecule has 0 aliphatic carbocycles. The van der Waals surface area contributed by atoms with Crippen LogP contribution >= 0.6 is 0 Å². The van der Waals surface area contributed by atoms with Crippen LogP contribution in [-0.2, 0) is 14.2 Å². The van der Waals surface area contributed by atoms with Gasteiger partial charge in [0.2, 0.25) is 0 Å². The molecule has 0 aromatic heterocycles. The Morgan fingerprint density at radius 3 is 2.43 bits per heavy atom. The van der Waals surface area contributed by atoms with Crippen LogP contribution in [0.3, 0.4) is 0 Å². The molecule has 1 atom stereocenters. The molecular formula is C9H20O5. The van der Waals surface area contributed by atoms with Gasteiger partial charge in [0.05, 0.1) is 26.4 Å². The molecule has 0 spiro atoms. The van der Waals surface area contributed by atoms with Gasteiger partial charge in [-0.25, -0.2) is 0 Å². The van der Waals surface area contributed by atoms with Crippen molar-refractivity contribution >= 4 is 0 Å². The average Bonchev–Trinajstić information content (AvgIpc) is 2.21. The smallest absolute Gasteiger partial charge is 0.100 e. The van der Waals surface area contributed by atoms with E-state index in [1.54, 1.807) is 7.11 Å². The van der Waals surface area contributed by atoms with E-state index in [9.17, 15) is 0 Å². The monoisotopic (exact) mass is 208 g/mol. The maximum absolute atomic E-state index is 8.90. The van der Waals surface area contributed by atoms with E-state index in [-0.39, 0.29) is 13.2 Å². The predicted octanol–water partition coefficient (Wildman–Crippen LogP) is -0.591. The number of aliphatic hydroxyl groups is 2. The second kappa shape index (κ2) is 10.9. The zero-order chi connectivity index (χ0) is 10.6. The van der Waals surface area contributed by atoms with E-state index in [1.165, 1.54) is 0 Å². The molecule has 14 heavy (non-hydrogen) atoms. The molecule has 0 aromatic rings.